The average Bonchev–Trinajstić information content (AvgIpc) is 2.17. The van der Waals surface area contributed by atoms with Crippen LogP contribution in [-0.4, -0.2) is 11.1 Å². The Morgan fingerprint density at radius 3 is 2.06 bits per heavy atom. The summed E-state index contributed by atoms with van der Waals surface area (Å²) in [6.07, 6.45) is -0.568. The fourth-order valence-electron chi connectivity index (χ4n) is 2.06. The van der Waals surface area contributed by atoms with Crippen LogP contribution in [0.25, 0.3) is 0 Å². The molecule has 0 radical (unpaired) electrons. The SMILES string of the molecule is CC1(c2ccc(Br)cc2)CC(F)(F)C1(F)Cl. The third kappa shape index (κ3) is 1.42. The topological polar surface area (TPSA) is 0 Å². The summed E-state index contributed by atoms with van der Waals surface area (Å²) in [5.41, 5.74) is -0.849. The van der Waals surface area contributed by atoms with Crippen molar-refractivity contribution in [3.05, 3.63) is 34.3 Å². The summed E-state index contributed by atoms with van der Waals surface area (Å²) in [6.45, 7) is 1.42. The van der Waals surface area contributed by atoms with E-state index in [4.69, 9.17) is 11.6 Å². The zero-order valence-corrected chi connectivity index (χ0v) is 10.7. The van der Waals surface area contributed by atoms with Gasteiger partial charge in [-0.05, 0) is 17.7 Å². The summed E-state index contributed by atoms with van der Waals surface area (Å²) in [6, 6.07) is 6.58. The highest BCUT2D eigenvalue weighted by Crippen LogP contribution is 2.64. The minimum absolute atomic E-state index is 0.485. The fourth-order valence-corrected chi connectivity index (χ4v) is 2.57. The Morgan fingerprint density at radius 1 is 1.19 bits per heavy atom. The lowest BCUT2D eigenvalue weighted by Crippen LogP contribution is -2.67. The highest BCUT2D eigenvalue weighted by molar-refractivity contribution is 9.10. The molecule has 0 spiro atoms. The van der Waals surface area contributed by atoms with E-state index in [1.54, 1.807) is 24.3 Å². The average molecular weight is 314 g/mol. The van der Waals surface area contributed by atoms with Crippen LogP contribution >= 0.6 is 27.5 Å². The van der Waals surface area contributed by atoms with Crippen LogP contribution in [0.5, 0.6) is 0 Å². The Bertz CT molecular complexity index is 416. The van der Waals surface area contributed by atoms with Gasteiger partial charge in [0, 0.05) is 10.9 Å². The first kappa shape index (κ1) is 12.2. The summed E-state index contributed by atoms with van der Waals surface area (Å²) >= 11 is 8.58. The molecule has 0 nitrogen and oxygen atoms in total. The molecule has 1 saturated carbocycles. The molecule has 1 aliphatic rings. The zero-order chi connectivity index (χ0) is 12.2. The Hall–Kier alpha value is -0.220. The molecule has 16 heavy (non-hydrogen) atoms. The lowest BCUT2D eigenvalue weighted by Gasteiger charge is -2.54. The van der Waals surface area contributed by atoms with Gasteiger partial charge in [0.2, 0.25) is 0 Å². The van der Waals surface area contributed by atoms with Gasteiger partial charge < -0.3 is 0 Å². The van der Waals surface area contributed by atoms with Crippen LogP contribution in [0.2, 0.25) is 0 Å². The van der Waals surface area contributed by atoms with Crippen LogP contribution in [0.3, 0.4) is 0 Å². The van der Waals surface area contributed by atoms with Gasteiger partial charge in [-0.25, -0.2) is 13.2 Å². The summed E-state index contributed by atoms with van der Waals surface area (Å²) in [5.74, 6) is -3.46. The molecule has 0 bridgehead atoms. The monoisotopic (exact) mass is 312 g/mol. The van der Waals surface area contributed by atoms with E-state index in [1.807, 2.05) is 0 Å². The molecule has 1 aromatic carbocycles. The second kappa shape index (κ2) is 3.39. The van der Waals surface area contributed by atoms with Crippen LogP contribution in [-0.2, 0) is 5.41 Å². The second-order valence-corrected chi connectivity index (χ2v) is 5.73. The fraction of sp³-hybridized carbons (Fsp3) is 0.455. The molecule has 0 heterocycles. The number of benzene rings is 1. The van der Waals surface area contributed by atoms with Crippen molar-refractivity contribution in [2.24, 2.45) is 0 Å². The Balaban J connectivity index is 2.39. The van der Waals surface area contributed by atoms with Gasteiger partial charge in [-0.2, -0.15) is 0 Å². The lowest BCUT2D eigenvalue weighted by atomic mass is 9.61. The maximum atomic E-state index is 13.8. The normalized spacial score (nSPS) is 36.9. The van der Waals surface area contributed by atoms with Crippen LogP contribution < -0.4 is 0 Å². The number of alkyl halides is 4. The van der Waals surface area contributed by atoms with E-state index in [0.717, 1.165) is 4.47 Å². The van der Waals surface area contributed by atoms with Crippen LogP contribution in [0.1, 0.15) is 18.9 Å². The highest BCUT2D eigenvalue weighted by Gasteiger charge is 2.76. The summed E-state index contributed by atoms with van der Waals surface area (Å²) < 4.78 is 40.8. The molecule has 1 fully saturated rings. The van der Waals surface area contributed by atoms with E-state index >= 15 is 0 Å². The van der Waals surface area contributed by atoms with Gasteiger partial charge >= 0.3 is 0 Å². The van der Waals surface area contributed by atoms with Crippen LogP contribution in [0.4, 0.5) is 13.2 Å². The molecule has 5 heteroatoms. The molecule has 1 aromatic rings. The first-order valence-corrected chi connectivity index (χ1v) is 5.89. The zero-order valence-electron chi connectivity index (χ0n) is 8.41. The standard InChI is InChI=1S/C11H9BrClF3/c1-9(6-10(14,15)11(9,13)16)7-2-4-8(12)5-3-7/h2-5H,6H2,1H3. The maximum Gasteiger partial charge on any atom is 0.297 e. The van der Waals surface area contributed by atoms with Crippen LogP contribution in [0.15, 0.2) is 28.7 Å². The lowest BCUT2D eigenvalue weighted by molar-refractivity contribution is -0.217. The summed E-state index contributed by atoms with van der Waals surface area (Å²) in [5, 5.41) is -3.01. The molecule has 2 rings (SSSR count). The quantitative estimate of drug-likeness (QED) is 0.662. The molecule has 0 saturated heterocycles. The van der Waals surface area contributed by atoms with Gasteiger partial charge in [-0.1, -0.05) is 46.6 Å². The van der Waals surface area contributed by atoms with E-state index in [-0.39, 0.29) is 0 Å². The van der Waals surface area contributed by atoms with Crippen molar-refractivity contribution in [3.8, 4) is 0 Å². The Kier molecular flexibility index (Phi) is 2.59. The molecule has 2 unspecified atom stereocenters. The first-order valence-electron chi connectivity index (χ1n) is 4.72. The highest BCUT2D eigenvalue weighted by atomic mass is 79.9. The van der Waals surface area contributed by atoms with E-state index in [1.165, 1.54) is 6.92 Å². The third-order valence-corrected chi connectivity index (χ3v) is 4.43. The largest absolute Gasteiger partial charge is 0.297 e. The van der Waals surface area contributed by atoms with Crippen molar-refractivity contribution in [2.45, 2.75) is 29.8 Å². The minimum Gasteiger partial charge on any atom is -0.219 e. The number of halogens is 5. The molecule has 0 aliphatic heterocycles. The van der Waals surface area contributed by atoms with Crippen molar-refractivity contribution < 1.29 is 13.2 Å². The molecule has 0 amide bonds. The van der Waals surface area contributed by atoms with Gasteiger partial charge in [0.15, 0.2) is 0 Å². The van der Waals surface area contributed by atoms with Crippen molar-refractivity contribution >= 4 is 27.5 Å². The number of hydrogen-bond donors (Lipinski definition) is 0. The van der Waals surface area contributed by atoms with Crippen LogP contribution in [0, 0.1) is 0 Å². The van der Waals surface area contributed by atoms with Crippen molar-refractivity contribution in [1.82, 2.24) is 0 Å². The van der Waals surface area contributed by atoms with Gasteiger partial charge in [-0.3, -0.25) is 0 Å². The number of hydrogen-bond acceptors (Lipinski definition) is 0. The van der Waals surface area contributed by atoms with E-state index in [2.05, 4.69) is 15.9 Å². The summed E-state index contributed by atoms with van der Waals surface area (Å²) in [4.78, 5) is 0. The minimum atomic E-state index is -3.46. The maximum absolute atomic E-state index is 13.8. The van der Waals surface area contributed by atoms with Gasteiger partial charge in [0.05, 0.1) is 5.41 Å². The summed E-state index contributed by atoms with van der Waals surface area (Å²) in [7, 11) is 0. The van der Waals surface area contributed by atoms with Gasteiger partial charge in [0.1, 0.15) is 0 Å². The smallest absolute Gasteiger partial charge is 0.219 e. The van der Waals surface area contributed by atoms with E-state index in [0.29, 0.717) is 5.56 Å². The Labute approximate surface area is 105 Å². The predicted octanol–water partition coefficient (Wildman–Crippen LogP) is 4.65. The first-order chi connectivity index (χ1) is 7.21. The third-order valence-electron chi connectivity index (χ3n) is 3.21. The van der Waals surface area contributed by atoms with Crippen molar-refractivity contribution in [2.75, 3.05) is 0 Å². The van der Waals surface area contributed by atoms with Gasteiger partial charge in [0.25, 0.3) is 11.1 Å². The molecule has 1 aliphatic carbocycles. The van der Waals surface area contributed by atoms with E-state index < -0.39 is 22.9 Å². The molecule has 2 atom stereocenters. The van der Waals surface area contributed by atoms with Crippen molar-refractivity contribution in [1.29, 1.82) is 0 Å². The van der Waals surface area contributed by atoms with E-state index in [9.17, 15) is 13.2 Å². The predicted molar refractivity (Wildman–Crippen MR) is 60.8 cm³/mol. The molecule has 88 valence electrons. The molecule has 0 aromatic heterocycles. The van der Waals surface area contributed by atoms with Crippen molar-refractivity contribution in [3.63, 3.8) is 0 Å². The number of rotatable bonds is 1. The van der Waals surface area contributed by atoms with Gasteiger partial charge in [-0.15, -0.1) is 0 Å². The molecule has 0 N–H and O–H groups in total. The molecular formula is C11H9BrClF3. The Morgan fingerprint density at radius 2 is 1.69 bits per heavy atom. The second-order valence-electron chi connectivity index (χ2n) is 4.29. The molecular weight excluding hydrogens is 304 g/mol.